The van der Waals surface area contributed by atoms with Gasteiger partial charge in [-0.05, 0) is 30.5 Å². The smallest absolute Gasteiger partial charge is 0.264 e. The van der Waals surface area contributed by atoms with Gasteiger partial charge in [-0.2, -0.15) is 8.42 Å². The van der Waals surface area contributed by atoms with Crippen molar-refractivity contribution in [1.29, 1.82) is 0 Å². The van der Waals surface area contributed by atoms with E-state index in [1.54, 1.807) is 6.92 Å². The van der Waals surface area contributed by atoms with Crippen LogP contribution in [-0.4, -0.2) is 35.7 Å². The van der Waals surface area contributed by atoms with Crippen LogP contribution < -0.4 is 0 Å². The molecule has 0 aromatic rings. The van der Waals surface area contributed by atoms with Gasteiger partial charge in [-0.25, -0.2) is 0 Å². The molecule has 6 heteroatoms. The molecule has 0 N–H and O–H groups in total. The average molecular weight is 363 g/mol. The van der Waals surface area contributed by atoms with Crippen LogP contribution in [0.2, 0.25) is 16.6 Å². The third-order valence-corrected chi connectivity index (χ3v) is 11.1. The standard InChI is InChI=1S/C17H34O4SSi/c1-10-11-16(8)17(21-22(9,18)19)12-20-23(13(2)3,14(4)5)15(6)7/h13-17H,12H2,1-9H3/t16-,17-/m0/s1. The molecule has 0 radical (unpaired) electrons. The highest BCUT2D eigenvalue weighted by atomic mass is 32.2. The van der Waals surface area contributed by atoms with Gasteiger partial charge in [-0.1, -0.05) is 47.5 Å². The normalized spacial score (nSPS) is 15.7. The molecular weight excluding hydrogens is 328 g/mol. The van der Waals surface area contributed by atoms with E-state index >= 15 is 0 Å². The molecule has 0 amide bonds. The van der Waals surface area contributed by atoms with Crippen molar-refractivity contribution >= 4 is 18.4 Å². The van der Waals surface area contributed by atoms with Gasteiger partial charge in [-0.15, -0.1) is 5.92 Å². The summed E-state index contributed by atoms with van der Waals surface area (Å²) in [6.45, 7) is 17.1. The number of rotatable bonds is 9. The zero-order valence-electron chi connectivity index (χ0n) is 16.1. The van der Waals surface area contributed by atoms with E-state index in [-0.39, 0.29) is 12.5 Å². The first kappa shape index (κ1) is 22.6. The van der Waals surface area contributed by atoms with E-state index in [1.165, 1.54) is 0 Å². The van der Waals surface area contributed by atoms with Crippen molar-refractivity contribution in [3.63, 3.8) is 0 Å². The zero-order chi connectivity index (χ0) is 18.4. The van der Waals surface area contributed by atoms with Crippen molar-refractivity contribution in [2.75, 3.05) is 12.9 Å². The molecule has 23 heavy (non-hydrogen) atoms. The van der Waals surface area contributed by atoms with Gasteiger partial charge in [0.15, 0.2) is 8.32 Å². The zero-order valence-corrected chi connectivity index (χ0v) is 18.0. The Morgan fingerprint density at radius 3 is 1.70 bits per heavy atom. The van der Waals surface area contributed by atoms with E-state index in [0.29, 0.717) is 16.6 Å². The highest BCUT2D eigenvalue weighted by Crippen LogP contribution is 2.42. The molecule has 0 aliphatic heterocycles. The van der Waals surface area contributed by atoms with Crippen LogP contribution in [0.4, 0.5) is 0 Å². The fraction of sp³-hybridized carbons (Fsp3) is 0.882. The molecule has 0 rings (SSSR count). The lowest BCUT2D eigenvalue weighted by Gasteiger charge is -2.43. The minimum Gasteiger partial charge on any atom is -0.413 e. The topological polar surface area (TPSA) is 52.6 Å². The monoisotopic (exact) mass is 362 g/mol. The minimum atomic E-state index is -3.55. The van der Waals surface area contributed by atoms with Crippen LogP contribution in [0.1, 0.15) is 55.4 Å². The van der Waals surface area contributed by atoms with Gasteiger partial charge in [0.1, 0.15) is 6.10 Å². The second-order valence-corrected chi connectivity index (χ2v) is 14.2. The summed E-state index contributed by atoms with van der Waals surface area (Å²) >= 11 is 0. The van der Waals surface area contributed by atoms with Crippen LogP contribution in [0, 0.1) is 17.8 Å². The molecule has 0 fully saturated rings. The maximum absolute atomic E-state index is 11.6. The van der Waals surface area contributed by atoms with Crippen LogP contribution in [0.25, 0.3) is 0 Å². The molecular formula is C17H34O4SSi. The van der Waals surface area contributed by atoms with E-state index in [4.69, 9.17) is 8.61 Å². The number of hydrogen-bond donors (Lipinski definition) is 0. The Morgan fingerprint density at radius 2 is 1.39 bits per heavy atom. The first-order valence-electron chi connectivity index (χ1n) is 8.32. The average Bonchev–Trinajstić information content (AvgIpc) is 2.35. The van der Waals surface area contributed by atoms with E-state index in [9.17, 15) is 8.42 Å². The first-order chi connectivity index (χ1) is 10.4. The fourth-order valence-electron chi connectivity index (χ4n) is 3.53. The van der Waals surface area contributed by atoms with E-state index in [0.717, 1.165) is 6.26 Å². The van der Waals surface area contributed by atoms with Crippen molar-refractivity contribution in [3.8, 4) is 11.8 Å². The summed E-state index contributed by atoms with van der Waals surface area (Å²) in [5, 5.41) is 0. The lowest BCUT2D eigenvalue weighted by atomic mass is 10.1. The third-order valence-electron chi connectivity index (χ3n) is 4.43. The molecule has 0 aliphatic rings. The predicted molar refractivity (Wildman–Crippen MR) is 99.3 cm³/mol. The molecule has 0 spiro atoms. The van der Waals surface area contributed by atoms with Crippen molar-refractivity contribution in [2.45, 2.75) is 78.1 Å². The summed E-state index contributed by atoms with van der Waals surface area (Å²) < 4.78 is 34.8. The maximum atomic E-state index is 11.6. The maximum Gasteiger partial charge on any atom is 0.264 e. The highest BCUT2D eigenvalue weighted by molar-refractivity contribution is 7.86. The Kier molecular flexibility index (Phi) is 9.07. The Hall–Kier alpha value is -0.353. The summed E-state index contributed by atoms with van der Waals surface area (Å²) in [5.74, 6) is 5.62. The molecule has 0 saturated carbocycles. The van der Waals surface area contributed by atoms with E-state index in [2.05, 4.69) is 53.4 Å². The van der Waals surface area contributed by atoms with Gasteiger partial charge in [0.2, 0.25) is 0 Å². The largest absolute Gasteiger partial charge is 0.413 e. The lowest BCUT2D eigenvalue weighted by Crippen LogP contribution is -2.50. The molecule has 0 saturated heterocycles. The fourth-order valence-corrected chi connectivity index (χ4v) is 9.65. The Bertz CT molecular complexity index is 493. The second kappa shape index (κ2) is 9.21. The van der Waals surface area contributed by atoms with Gasteiger partial charge in [0, 0.05) is 5.92 Å². The molecule has 0 heterocycles. The Labute approximate surface area is 144 Å². The van der Waals surface area contributed by atoms with Crippen molar-refractivity contribution in [1.82, 2.24) is 0 Å². The number of hydrogen-bond acceptors (Lipinski definition) is 4. The molecule has 0 aromatic heterocycles. The van der Waals surface area contributed by atoms with Crippen LogP contribution in [0.15, 0.2) is 0 Å². The summed E-state index contributed by atoms with van der Waals surface area (Å²) in [7, 11) is -5.61. The van der Waals surface area contributed by atoms with Crippen LogP contribution in [0.5, 0.6) is 0 Å². The lowest BCUT2D eigenvalue weighted by molar-refractivity contribution is 0.100. The van der Waals surface area contributed by atoms with Crippen molar-refractivity contribution < 1.29 is 17.0 Å². The predicted octanol–water partition coefficient (Wildman–Crippen LogP) is 4.18. The summed E-state index contributed by atoms with van der Waals surface area (Å²) in [4.78, 5) is 0. The highest BCUT2D eigenvalue weighted by Gasteiger charge is 2.45. The summed E-state index contributed by atoms with van der Waals surface area (Å²) in [6.07, 6.45) is 0.505. The third kappa shape index (κ3) is 6.58. The molecule has 0 unspecified atom stereocenters. The van der Waals surface area contributed by atoms with Crippen molar-refractivity contribution in [3.05, 3.63) is 0 Å². The molecule has 4 nitrogen and oxygen atoms in total. The van der Waals surface area contributed by atoms with Gasteiger partial charge in [-0.3, -0.25) is 4.18 Å². The second-order valence-electron chi connectivity index (χ2n) is 7.15. The van der Waals surface area contributed by atoms with Gasteiger partial charge in [0.25, 0.3) is 10.1 Å². The minimum absolute atomic E-state index is 0.201. The van der Waals surface area contributed by atoms with Crippen LogP contribution in [-0.2, 0) is 18.7 Å². The molecule has 0 bridgehead atoms. The van der Waals surface area contributed by atoms with Gasteiger partial charge < -0.3 is 4.43 Å². The molecule has 0 aliphatic carbocycles. The quantitative estimate of drug-likeness (QED) is 0.351. The Morgan fingerprint density at radius 1 is 0.957 bits per heavy atom. The molecule has 0 aromatic carbocycles. The van der Waals surface area contributed by atoms with E-state index < -0.39 is 24.5 Å². The SMILES string of the molecule is CC#C[C@H](C)[C@H](CO[Si](C(C)C)(C(C)C)C(C)C)OS(C)(=O)=O. The van der Waals surface area contributed by atoms with Crippen molar-refractivity contribution in [2.24, 2.45) is 5.92 Å². The van der Waals surface area contributed by atoms with Crippen LogP contribution >= 0.6 is 0 Å². The summed E-state index contributed by atoms with van der Waals surface area (Å²) in [5.41, 5.74) is 1.32. The molecule has 136 valence electrons. The van der Waals surface area contributed by atoms with E-state index in [1.807, 2.05) is 6.92 Å². The Balaban J connectivity index is 5.43. The first-order valence-corrected chi connectivity index (χ1v) is 12.3. The molecule has 2 atom stereocenters. The van der Waals surface area contributed by atoms with Gasteiger partial charge in [0.05, 0.1) is 12.9 Å². The van der Waals surface area contributed by atoms with Gasteiger partial charge >= 0.3 is 0 Å². The summed E-state index contributed by atoms with van der Waals surface area (Å²) in [6, 6.07) is 0. The van der Waals surface area contributed by atoms with Crippen LogP contribution in [0.3, 0.4) is 0 Å².